The SMILES string of the molecule is CC.CC(C)C.CCc1occc1C=O.CN=CN/N=C(\SC)Sc1ccnc2ccccc12. The number of aromatic nitrogens is 1. The minimum absolute atomic E-state index is 0.664. The molecule has 0 aliphatic carbocycles. The summed E-state index contributed by atoms with van der Waals surface area (Å²) in [6.07, 6.45) is 8.50. The molecule has 186 valence electrons. The largest absolute Gasteiger partial charge is 0.469 e. The molecular formula is C26H38N4O2S2. The molecule has 0 saturated heterocycles. The number of hydrogen-bond acceptors (Lipinski definition) is 7. The van der Waals surface area contributed by atoms with Gasteiger partial charge in [-0.15, -0.1) is 11.8 Å². The monoisotopic (exact) mass is 502 g/mol. The molecule has 3 rings (SSSR count). The molecule has 6 nitrogen and oxygen atoms in total. The molecule has 0 aliphatic heterocycles. The van der Waals surface area contributed by atoms with E-state index in [4.69, 9.17) is 4.42 Å². The fourth-order valence-corrected chi connectivity index (χ4v) is 3.69. The molecule has 0 fully saturated rings. The smallest absolute Gasteiger partial charge is 0.154 e. The van der Waals surface area contributed by atoms with E-state index in [2.05, 4.69) is 47.3 Å². The van der Waals surface area contributed by atoms with Crippen molar-refractivity contribution in [3.8, 4) is 0 Å². The summed E-state index contributed by atoms with van der Waals surface area (Å²) in [5, 5.41) is 5.40. The average Bonchev–Trinajstić information content (AvgIpc) is 3.33. The zero-order valence-corrected chi connectivity index (χ0v) is 23.2. The van der Waals surface area contributed by atoms with Crippen molar-refractivity contribution in [2.24, 2.45) is 16.0 Å². The van der Waals surface area contributed by atoms with E-state index < -0.39 is 0 Å². The first-order valence-corrected chi connectivity index (χ1v) is 13.3. The molecule has 0 aliphatic rings. The highest BCUT2D eigenvalue weighted by Gasteiger charge is 2.06. The molecule has 0 atom stereocenters. The summed E-state index contributed by atoms with van der Waals surface area (Å²) < 4.78 is 5.90. The Morgan fingerprint density at radius 2 is 1.85 bits per heavy atom. The Kier molecular flexibility index (Phi) is 18.3. The number of pyridine rings is 1. The summed E-state index contributed by atoms with van der Waals surface area (Å²) >= 11 is 3.21. The van der Waals surface area contributed by atoms with Crippen molar-refractivity contribution in [3.05, 3.63) is 60.2 Å². The Morgan fingerprint density at radius 1 is 1.18 bits per heavy atom. The van der Waals surface area contributed by atoms with Crippen LogP contribution in [-0.4, -0.2) is 35.3 Å². The Labute approximate surface area is 213 Å². The standard InChI is InChI=1S/C13H14N4S2.C7H8O2.C4H10.C2H6/c1-14-9-16-17-13(18-2)19-12-7-8-15-11-6-4-3-5-10(11)12;1-2-7-6(5-8)3-4-9-7;1-4(2)3;1-2/h3-9H,1-2H3,(H,14,16);3-5H,2H2,1H3;4H,1-3H3;1-2H3/b17-13+;;;. The van der Waals surface area contributed by atoms with Gasteiger partial charge in [0.25, 0.3) is 0 Å². The van der Waals surface area contributed by atoms with Crippen LogP contribution in [0.3, 0.4) is 0 Å². The third-order valence-electron chi connectivity index (χ3n) is 3.55. The molecular weight excluding hydrogens is 464 g/mol. The average molecular weight is 503 g/mol. The van der Waals surface area contributed by atoms with Gasteiger partial charge < -0.3 is 4.42 Å². The minimum atomic E-state index is 0.664. The number of thioether (sulfide) groups is 2. The van der Waals surface area contributed by atoms with Gasteiger partial charge in [0.15, 0.2) is 10.7 Å². The van der Waals surface area contributed by atoms with E-state index in [9.17, 15) is 4.79 Å². The second-order valence-corrected chi connectivity index (χ2v) is 9.11. The van der Waals surface area contributed by atoms with Gasteiger partial charge in [-0.25, -0.2) is 0 Å². The van der Waals surface area contributed by atoms with Gasteiger partial charge >= 0.3 is 0 Å². The van der Waals surface area contributed by atoms with Gasteiger partial charge in [0.05, 0.1) is 17.3 Å². The Balaban J connectivity index is 0.000000602. The molecule has 0 unspecified atom stereocenters. The number of para-hydroxylation sites is 1. The number of hydrogen-bond donors (Lipinski definition) is 1. The van der Waals surface area contributed by atoms with Gasteiger partial charge in [0.2, 0.25) is 0 Å². The highest BCUT2D eigenvalue weighted by atomic mass is 32.2. The number of aryl methyl sites for hydroxylation is 1. The van der Waals surface area contributed by atoms with Crippen molar-refractivity contribution in [3.63, 3.8) is 0 Å². The summed E-state index contributed by atoms with van der Waals surface area (Å²) in [4.78, 5) is 19.5. The Bertz CT molecular complexity index is 993. The van der Waals surface area contributed by atoms with Crippen LogP contribution in [0.25, 0.3) is 10.9 Å². The van der Waals surface area contributed by atoms with Crippen LogP contribution in [-0.2, 0) is 6.42 Å². The number of carbonyl (C=O) groups is 1. The van der Waals surface area contributed by atoms with Crippen LogP contribution < -0.4 is 5.43 Å². The normalized spacial score (nSPS) is 10.6. The number of rotatable bonds is 5. The molecule has 0 amide bonds. The summed E-state index contributed by atoms with van der Waals surface area (Å²) in [5.41, 5.74) is 4.45. The van der Waals surface area contributed by atoms with Crippen LogP contribution in [0.2, 0.25) is 0 Å². The van der Waals surface area contributed by atoms with E-state index in [-0.39, 0.29) is 0 Å². The maximum atomic E-state index is 10.2. The number of hydrazone groups is 1. The lowest BCUT2D eigenvalue weighted by Gasteiger charge is -2.06. The van der Waals surface area contributed by atoms with E-state index in [0.29, 0.717) is 5.56 Å². The van der Waals surface area contributed by atoms with E-state index in [1.807, 2.05) is 57.5 Å². The van der Waals surface area contributed by atoms with E-state index >= 15 is 0 Å². The predicted octanol–water partition coefficient (Wildman–Crippen LogP) is 7.55. The minimum Gasteiger partial charge on any atom is -0.469 e. The van der Waals surface area contributed by atoms with Crippen LogP contribution in [0.1, 0.15) is 57.7 Å². The molecule has 1 aromatic carbocycles. The van der Waals surface area contributed by atoms with Gasteiger partial charge in [-0.1, -0.05) is 71.5 Å². The van der Waals surface area contributed by atoms with Crippen LogP contribution in [0.4, 0.5) is 0 Å². The van der Waals surface area contributed by atoms with Crippen LogP contribution >= 0.6 is 23.5 Å². The summed E-state index contributed by atoms with van der Waals surface area (Å²) in [5.74, 6) is 1.60. The van der Waals surface area contributed by atoms with Crippen LogP contribution in [0.15, 0.2) is 68.3 Å². The first-order valence-electron chi connectivity index (χ1n) is 11.3. The lowest BCUT2D eigenvalue weighted by molar-refractivity contribution is 0.112. The fourth-order valence-electron chi connectivity index (χ4n) is 2.25. The Morgan fingerprint density at radius 3 is 2.41 bits per heavy atom. The predicted molar refractivity (Wildman–Crippen MR) is 151 cm³/mol. The third kappa shape index (κ3) is 12.6. The van der Waals surface area contributed by atoms with Crippen molar-refractivity contribution in [1.29, 1.82) is 0 Å². The first kappa shape index (κ1) is 31.4. The number of aliphatic imine (C=N–C) groups is 1. The lowest BCUT2D eigenvalue weighted by atomic mass is 10.2. The van der Waals surface area contributed by atoms with Gasteiger partial charge in [0.1, 0.15) is 12.1 Å². The van der Waals surface area contributed by atoms with E-state index in [1.54, 1.807) is 43.0 Å². The first-order chi connectivity index (χ1) is 16.5. The number of nitrogens with zero attached hydrogens (tertiary/aromatic N) is 3. The maximum absolute atomic E-state index is 10.2. The number of carbonyl (C=O) groups excluding carboxylic acids is 1. The van der Waals surface area contributed by atoms with Crippen molar-refractivity contribution in [2.45, 2.75) is 52.9 Å². The van der Waals surface area contributed by atoms with E-state index in [1.165, 1.54) is 6.26 Å². The quantitative estimate of drug-likeness (QED) is 0.127. The van der Waals surface area contributed by atoms with Crippen molar-refractivity contribution in [2.75, 3.05) is 13.3 Å². The fraction of sp³-hybridized carbons (Fsp3) is 0.385. The van der Waals surface area contributed by atoms with Gasteiger partial charge in [-0.2, -0.15) is 5.10 Å². The molecule has 34 heavy (non-hydrogen) atoms. The zero-order valence-electron chi connectivity index (χ0n) is 21.5. The number of nitrogens with one attached hydrogen (secondary N) is 1. The Hall–Kier alpha value is -2.58. The second kappa shape index (κ2) is 19.9. The number of benzene rings is 1. The second-order valence-electron chi connectivity index (χ2n) is 7.03. The molecule has 0 spiro atoms. The van der Waals surface area contributed by atoms with Crippen LogP contribution in [0.5, 0.6) is 0 Å². The molecule has 2 heterocycles. The third-order valence-corrected chi connectivity index (χ3v) is 5.58. The number of aldehydes is 1. The molecule has 2 aromatic heterocycles. The summed E-state index contributed by atoms with van der Waals surface area (Å²) in [6, 6.07) is 11.8. The molecule has 1 N–H and O–H groups in total. The van der Waals surface area contributed by atoms with Gasteiger partial charge in [0, 0.05) is 29.9 Å². The number of fused-ring (bicyclic) bond motifs is 1. The maximum Gasteiger partial charge on any atom is 0.154 e. The molecule has 0 bridgehead atoms. The summed E-state index contributed by atoms with van der Waals surface area (Å²) in [6.45, 7) is 12.5. The molecule has 0 radical (unpaired) electrons. The highest BCUT2D eigenvalue weighted by molar-refractivity contribution is 8.38. The lowest BCUT2D eigenvalue weighted by Crippen LogP contribution is -2.03. The number of furan rings is 1. The van der Waals surface area contributed by atoms with E-state index in [0.717, 1.165) is 44.6 Å². The van der Waals surface area contributed by atoms with Gasteiger partial charge in [-0.3, -0.25) is 20.2 Å². The molecule has 3 aromatic rings. The highest BCUT2D eigenvalue weighted by Crippen LogP contribution is 2.30. The van der Waals surface area contributed by atoms with Gasteiger partial charge in [-0.05, 0) is 30.4 Å². The zero-order chi connectivity index (χ0) is 25.8. The summed E-state index contributed by atoms with van der Waals surface area (Å²) in [7, 11) is 1.70. The van der Waals surface area contributed by atoms with Crippen LogP contribution in [0, 0.1) is 5.92 Å². The molecule has 8 heteroatoms. The topological polar surface area (TPSA) is 79.9 Å². The molecule has 0 saturated carbocycles. The van der Waals surface area contributed by atoms with Crippen molar-refractivity contribution in [1.82, 2.24) is 10.4 Å². The van der Waals surface area contributed by atoms with Crippen molar-refractivity contribution >= 4 is 51.4 Å². The van der Waals surface area contributed by atoms with Crippen molar-refractivity contribution < 1.29 is 9.21 Å².